The van der Waals surface area contributed by atoms with Crippen molar-refractivity contribution in [2.75, 3.05) is 5.32 Å². The average molecular weight is 309 g/mol. The molecule has 0 amide bonds. The van der Waals surface area contributed by atoms with E-state index >= 15 is 0 Å². The summed E-state index contributed by atoms with van der Waals surface area (Å²) >= 11 is 0. The number of halogens is 1. The molecule has 2 heterocycles. The lowest BCUT2D eigenvalue weighted by molar-refractivity contribution is -0.245. The maximum atomic E-state index is 12.8. The van der Waals surface area contributed by atoms with Gasteiger partial charge in [-0.3, -0.25) is 5.41 Å². The molecule has 1 saturated heterocycles. The normalized spacial score (nSPS) is 21.4. The van der Waals surface area contributed by atoms with Gasteiger partial charge in [0, 0.05) is 17.1 Å². The van der Waals surface area contributed by atoms with Crippen LogP contribution >= 0.6 is 0 Å². The lowest BCUT2D eigenvalue weighted by Crippen LogP contribution is -2.63. The first-order chi connectivity index (χ1) is 10.1. The van der Waals surface area contributed by atoms with E-state index in [9.17, 15) is 9.60 Å². The molecule has 22 heavy (non-hydrogen) atoms. The maximum absolute atomic E-state index is 12.8. The first-order valence-corrected chi connectivity index (χ1v) is 7.33. The molecule has 0 unspecified atom stereocenters. The Morgan fingerprint density at radius 3 is 2.41 bits per heavy atom. The number of piperidine rings is 1. The van der Waals surface area contributed by atoms with Crippen molar-refractivity contribution in [3.05, 3.63) is 24.3 Å². The van der Waals surface area contributed by atoms with E-state index in [0.29, 0.717) is 18.5 Å². The summed E-state index contributed by atoms with van der Waals surface area (Å²) in [4.78, 5) is 3.54. The molecule has 0 radical (unpaired) electrons. The van der Waals surface area contributed by atoms with Crippen LogP contribution in [0.1, 0.15) is 40.5 Å². The van der Waals surface area contributed by atoms with Crippen LogP contribution in [-0.4, -0.2) is 38.3 Å². The number of aromatic nitrogens is 1. The zero-order chi connectivity index (χ0) is 16.5. The zero-order valence-electron chi connectivity index (χ0n) is 13.4. The Hall–Kier alpha value is -1.73. The Balaban J connectivity index is 1.98. The Bertz CT molecular complexity index is 525. The van der Waals surface area contributed by atoms with E-state index in [2.05, 4.69) is 15.6 Å². The Morgan fingerprint density at radius 2 is 1.91 bits per heavy atom. The van der Waals surface area contributed by atoms with E-state index in [1.54, 1.807) is 0 Å². The topological polar surface area (TPSA) is 84.3 Å². The standard InChI is InChI=1S/C15H24FN5O/c1-14(2)7-11(8-15(3,4)21(14)22)20-13(17)19-10-5-6-12(16)18-9-10/h5-6,9,11,22H,7-8H2,1-4H3,(H3,17,19,20). The molecule has 1 aliphatic heterocycles. The molecule has 6 nitrogen and oxygen atoms in total. The molecule has 1 fully saturated rings. The minimum absolute atomic E-state index is 0.0572. The third-order valence-corrected chi connectivity index (χ3v) is 3.98. The van der Waals surface area contributed by atoms with Gasteiger partial charge in [0.05, 0.1) is 11.9 Å². The number of hydrogen-bond donors (Lipinski definition) is 4. The first-order valence-electron chi connectivity index (χ1n) is 7.33. The van der Waals surface area contributed by atoms with Gasteiger partial charge in [0.2, 0.25) is 5.95 Å². The molecule has 122 valence electrons. The van der Waals surface area contributed by atoms with Crippen LogP contribution in [0.4, 0.5) is 10.1 Å². The van der Waals surface area contributed by atoms with Gasteiger partial charge in [-0.1, -0.05) is 0 Å². The van der Waals surface area contributed by atoms with Crippen molar-refractivity contribution in [2.24, 2.45) is 0 Å². The molecule has 1 aromatic rings. The van der Waals surface area contributed by atoms with Gasteiger partial charge < -0.3 is 15.8 Å². The third kappa shape index (κ3) is 3.72. The van der Waals surface area contributed by atoms with Crippen molar-refractivity contribution in [1.29, 1.82) is 5.41 Å². The fraction of sp³-hybridized carbons (Fsp3) is 0.600. The largest absolute Gasteiger partial charge is 0.353 e. The van der Waals surface area contributed by atoms with E-state index in [1.165, 1.54) is 23.4 Å². The van der Waals surface area contributed by atoms with Crippen molar-refractivity contribution in [3.63, 3.8) is 0 Å². The van der Waals surface area contributed by atoms with Gasteiger partial charge in [0.25, 0.3) is 0 Å². The molecule has 1 aromatic heterocycles. The van der Waals surface area contributed by atoms with Gasteiger partial charge in [-0.25, -0.2) is 4.98 Å². The average Bonchev–Trinajstić information content (AvgIpc) is 2.38. The van der Waals surface area contributed by atoms with Gasteiger partial charge >= 0.3 is 0 Å². The minimum atomic E-state index is -0.552. The number of rotatable bonds is 2. The molecular weight excluding hydrogens is 285 g/mol. The van der Waals surface area contributed by atoms with Gasteiger partial charge in [-0.15, -0.1) is 0 Å². The van der Waals surface area contributed by atoms with Crippen LogP contribution < -0.4 is 10.6 Å². The highest BCUT2D eigenvalue weighted by Gasteiger charge is 2.45. The Labute approximate surface area is 130 Å². The van der Waals surface area contributed by atoms with Crippen LogP contribution in [0.3, 0.4) is 0 Å². The molecule has 0 aromatic carbocycles. The number of nitrogens with zero attached hydrogens (tertiary/aromatic N) is 2. The van der Waals surface area contributed by atoms with Crippen molar-refractivity contribution in [1.82, 2.24) is 15.4 Å². The summed E-state index contributed by atoms with van der Waals surface area (Å²) in [7, 11) is 0. The molecule has 0 atom stereocenters. The summed E-state index contributed by atoms with van der Waals surface area (Å²) in [6.45, 7) is 7.90. The molecule has 0 aliphatic carbocycles. The molecule has 1 aliphatic rings. The van der Waals surface area contributed by atoms with Crippen molar-refractivity contribution < 1.29 is 9.60 Å². The van der Waals surface area contributed by atoms with E-state index in [-0.39, 0.29) is 23.1 Å². The van der Waals surface area contributed by atoms with E-state index in [0.717, 1.165) is 0 Å². The van der Waals surface area contributed by atoms with Crippen LogP contribution in [0.25, 0.3) is 0 Å². The molecule has 0 spiro atoms. The van der Waals surface area contributed by atoms with Crippen molar-refractivity contribution in [2.45, 2.75) is 57.7 Å². The summed E-state index contributed by atoms with van der Waals surface area (Å²) in [6, 6.07) is 2.83. The SMILES string of the molecule is CC1(C)CC(NC(=N)Nc2ccc(F)nc2)CC(C)(C)N1O. The van der Waals surface area contributed by atoms with Gasteiger partial charge in [-0.2, -0.15) is 9.45 Å². The second-order valence-corrected chi connectivity index (χ2v) is 7.06. The smallest absolute Gasteiger partial charge is 0.212 e. The van der Waals surface area contributed by atoms with Gasteiger partial charge in [0.1, 0.15) is 0 Å². The highest BCUT2D eigenvalue weighted by Crippen LogP contribution is 2.36. The molecule has 0 bridgehead atoms. The molecule has 7 heteroatoms. The third-order valence-electron chi connectivity index (χ3n) is 3.98. The zero-order valence-corrected chi connectivity index (χ0v) is 13.4. The molecular formula is C15H24FN5O. The number of hydrogen-bond acceptors (Lipinski definition) is 4. The first kappa shape index (κ1) is 16.6. The Morgan fingerprint density at radius 1 is 1.32 bits per heavy atom. The predicted molar refractivity (Wildman–Crippen MR) is 83.5 cm³/mol. The highest BCUT2D eigenvalue weighted by molar-refractivity contribution is 5.91. The minimum Gasteiger partial charge on any atom is -0.353 e. The fourth-order valence-corrected chi connectivity index (χ4v) is 3.21. The highest BCUT2D eigenvalue weighted by atomic mass is 19.1. The van der Waals surface area contributed by atoms with Crippen molar-refractivity contribution >= 4 is 11.6 Å². The summed E-state index contributed by atoms with van der Waals surface area (Å²) in [5, 5.41) is 25.7. The fourth-order valence-electron chi connectivity index (χ4n) is 3.21. The lowest BCUT2D eigenvalue weighted by atomic mass is 9.79. The summed E-state index contributed by atoms with van der Waals surface area (Å²) in [6.07, 6.45) is 2.76. The van der Waals surface area contributed by atoms with Gasteiger partial charge in [-0.05, 0) is 52.7 Å². The van der Waals surface area contributed by atoms with Gasteiger partial charge in [0.15, 0.2) is 5.96 Å². The number of nitrogens with one attached hydrogen (secondary N) is 3. The number of anilines is 1. The summed E-state index contributed by atoms with van der Waals surface area (Å²) < 4.78 is 12.8. The Kier molecular flexibility index (Phi) is 4.39. The summed E-state index contributed by atoms with van der Waals surface area (Å²) in [5.74, 6) is -0.416. The second-order valence-electron chi connectivity index (χ2n) is 7.06. The van der Waals surface area contributed by atoms with Crippen LogP contribution in [-0.2, 0) is 0 Å². The molecule has 0 saturated carbocycles. The second kappa shape index (κ2) is 5.81. The molecule has 2 rings (SSSR count). The van der Waals surface area contributed by atoms with Crippen LogP contribution in [0, 0.1) is 11.4 Å². The van der Waals surface area contributed by atoms with Crippen LogP contribution in [0.5, 0.6) is 0 Å². The van der Waals surface area contributed by atoms with Crippen LogP contribution in [0.15, 0.2) is 18.3 Å². The van der Waals surface area contributed by atoms with E-state index in [1.807, 2.05) is 27.7 Å². The number of hydroxylamine groups is 2. The number of guanidine groups is 1. The van der Waals surface area contributed by atoms with Crippen LogP contribution in [0.2, 0.25) is 0 Å². The lowest BCUT2D eigenvalue weighted by Gasteiger charge is -2.51. The quantitative estimate of drug-likeness (QED) is 0.383. The predicted octanol–water partition coefficient (Wildman–Crippen LogP) is 2.57. The van der Waals surface area contributed by atoms with Crippen molar-refractivity contribution in [3.8, 4) is 0 Å². The monoisotopic (exact) mass is 309 g/mol. The van der Waals surface area contributed by atoms with E-state index < -0.39 is 5.95 Å². The summed E-state index contributed by atoms with van der Waals surface area (Å²) in [5.41, 5.74) is -0.203. The maximum Gasteiger partial charge on any atom is 0.212 e. The number of pyridine rings is 1. The molecule has 4 N–H and O–H groups in total. The van der Waals surface area contributed by atoms with E-state index in [4.69, 9.17) is 5.41 Å².